The van der Waals surface area contributed by atoms with Gasteiger partial charge in [-0.2, -0.15) is 0 Å². The Labute approximate surface area is 143 Å². The van der Waals surface area contributed by atoms with Crippen molar-refractivity contribution in [1.82, 2.24) is 0 Å². The monoisotopic (exact) mass is 345 g/mol. The molecule has 1 aliphatic rings. The Morgan fingerprint density at radius 2 is 2.04 bits per heavy atom. The molecule has 1 aromatic heterocycles. The molecule has 5 unspecified atom stereocenters. The summed E-state index contributed by atoms with van der Waals surface area (Å²) in [6.45, 7) is 1.35. The standard InChI is InChI=1S/C18H19NO6/c1-3-10-6-11-4-5-12(7-13(11)25-18(10)23)19-15-9(2)24-14(8-20)16(21)17(15)22/h1,4-7,9,14-17,19-22H,8H2,2H3. The lowest BCUT2D eigenvalue weighted by Crippen LogP contribution is -2.60. The number of nitrogens with one attached hydrogen (secondary N) is 1. The summed E-state index contributed by atoms with van der Waals surface area (Å²) in [5, 5.41) is 33.3. The summed E-state index contributed by atoms with van der Waals surface area (Å²) in [4.78, 5) is 11.7. The van der Waals surface area contributed by atoms with Crippen LogP contribution in [0.4, 0.5) is 5.69 Å². The van der Waals surface area contributed by atoms with Gasteiger partial charge in [-0.3, -0.25) is 0 Å². The Bertz CT molecular complexity index is 870. The summed E-state index contributed by atoms with van der Waals surface area (Å²) in [5.74, 6) is 2.27. The van der Waals surface area contributed by atoms with E-state index in [2.05, 4.69) is 11.2 Å². The SMILES string of the molecule is C#Cc1cc2ccc(NC3C(C)OC(CO)C(O)C3O)cc2oc1=O. The van der Waals surface area contributed by atoms with Crippen LogP contribution in [0.1, 0.15) is 12.5 Å². The van der Waals surface area contributed by atoms with Crippen molar-refractivity contribution < 1.29 is 24.5 Å². The second-order valence-corrected chi connectivity index (χ2v) is 6.06. The van der Waals surface area contributed by atoms with E-state index in [-0.39, 0.29) is 12.2 Å². The number of rotatable bonds is 3. The van der Waals surface area contributed by atoms with Crippen LogP contribution in [-0.2, 0) is 4.74 Å². The molecule has 0 amide bonds. The minimum atomic E-state index is -1.21. The third-order valence-corrected chi connectivity index (χ3v) is 4.40. The molecular weight excluding hydrogens is 326 g/mol. The molecule has 1 saturated heterocycles. The van der Waals surface area contributed by atoms with Crippen LogP contribution in [-0.4, -0.2) is 52.4 Å². The molecule has 7 nitrogen and oxygen atoms in total. The van der Waals surface area contributed by atoms with E-state index in [1.165, 1.54) is 0 Å². The van der Waals surface area contributed by atoms with Crippen molar-refractivity contribution in [2.24, 2.45) is 0 Å². The first kappa shape index (κ1) is 17.5. The van der Waals surface area contributed by atoms with E-state index >= 15 is 0 Å². The van der Waals surface area contributed by atoms with Crippen LogP contribution in [0.2, 0.25) is 0 Å². The second-order valence-electron chi connectivity index (χ2n) is 6.06. The van der Waals surface area contributed by atoms with Gasteiger partial charge < -0.3 is 29.8 Å². The van der Waals surface area contributed by atoms with Crippen molar-refractivity contribution in [3.05, 3.63) is 40.2 Å². The number of aliphatic hydroxyl groups is 3. The van der Waals surface area contributed by atoms with E-state index in [0.717, 1.165) is 0 Å². The van der Waals surface area contributed by atoms with Crippen molar-refractivity contribution in [3.8, 4) is 12.3 Å². The average molecular weight is 345 g/mol. The fourth-order valence-corrected chi connectivity index (χ4v) is 3.00. The van der Waals surface area contributed by atoms with Gasteiger partial charge in [0, 0.05) is 17.1 Å². The normalized spacial score (nSPS) is 29.3. The van der Waals surface area contributed by atoms with E-state index in [1.807, 2.05) is 0 Å². The second kappa shape index (κ2) is 6.86. The van der Waals surface area contributed by atoms with E-state index in [1.54, 1.807) is 31.2 Å². The maximum atomic E-state index is 11.7. The number of terminal acetylenes is 1. The van der Waals surface area contributed by atoms with Gasteiger partial charge in [-0.25, -0.2) is 4.79 Å². The molecule has 0 saturated carbocycles. The topological polar surface area (TPSA) is 112 Å². The molecule has 25 heavy (non-hydrogen) atoms. The average Bonchev–Trinajstić information content (AvgIpc) is 2.61. The molecule has 0 aliphatic carbocycles. The van der Waals surface area contributed by atoms with Gasteiger partial charge >= 0.3 is 5.63 Å². The highest BCUT2D eigenvalue weighted by atomic mass is 16.5. The number of hydrogen-bond acceptors (Lipinski definition) is 7. The molecule has 0 spiro atoms. The number of aliphatic hydroxyl groups excluding tert-OH is 3. The molecule has 132 valence electrons. The highest BCUT2D eigenvalue weighted by Gasteiger charge is 2.42. The smallest absolute Gasteiger partial charge is 0.352 e. The first-order valence-corrected chi connectivity index (χ1v) is 7.88. The molecule has 0 radical (unpaired) electrons. The van der Waals surface area contributed by atoms with Gasteiger partial charge in [-0.1, -0.05) is 5.92 Å². The van der Waals surface area contributed by atoms with Gasteiger partial charge in [0.1, 0.15) is 29.5 Å². The lowest BCUT2D eigenvalue weighted by atomic mass is 9.93. The van der Waals surface area contributed by atoms with E-state index in [4.69, 9.17) is 15.6 Å². The Kier molecular flexibility index (Phi) is 4.79. The van der Waals surface area contributed by atoms with Crippen LogP contribution in [0.5, 0.6) is 0 Å². The molecule has 1 aromatic carbocycles. The summed E-state index contributed by atoms with van der Waals surface area (Å²) < 4.78 is 10.7. The lowest BCUT2D eigenvalue weighted by Gasteiger charge is -2.41. The highest BCUT2D eigenvalue weighted by Crippen LogP contribution is 2.26. The van der Waals surface area contributed by atoms with E-state index in [9.17, 15) is 20.1 Å². The molecule has 1 fully saturated rings. The van der Waals surface area contributed by atoms with Gasteiger partial charge in [-0.05, 0) is 25.1 Å². The summed E-state index contributed by atoms with van der Waals surface area (Å²) in [6.07, 6.45) is 1.62. The number of anilines is 1. The van der Waals surface area contributed by atoms with Crippen LogP contribution in [0, 0.1) is 12.3 Å². The fraction of sp³-hybridized carbons (Fsp3) is 0.389. The van der Waals surface area contributed by atoms with Crippen LogP contribution in [0.15, 0.2) is 33.5 Å². The zero-order valence-electron chi connectivity index (χ0n) is 13.5. The van der Waals surface area contributed by atoms with Crippen molar-refractivity contribution in [3.63, 3.8) is 0 Å². The molecule has 2 heterocycles. The van der Waals surface area contributed by atoms with Crippen LogP contribution < -0.4 is 10.9 Å². The van der Waals surface area contributed by atoms with Gasteiger partial charge in [0.05, 0.1) is 18.8 Å². The van der Waals surface area contributed by atoms with Gasteiger partial charge in [-0.15, -0.1) is 6.42 Å². The molecule has 0 bridgehead atoms. The zero-order chi connectivity index (χ0) is 18.1. The molecule has 2 aromatic rings. The lowest BCUT2D eigenvalue weighted by molar-refractivity contribution is -0.180. The Hall–Kier alpha value is -2.37. The number of fused-ring (bicyclic) bond motifs is 1. The largest absolute Gasteiger partial charge is 0.422 e. The van der Waals surface area contributed by atoms with Crippen molar-refractivity contribution in [1.29, 1.82) is 0 Å². The number of ether oxygens (including phenoxy) is 1. The summed E-state index contributed by atoms with van der Waals surface area (Å²) in [7, 11) is 0. The van der Waals surface area contributed by atoms with Crippen molar-refractivity contribution in [2.45, 2.75) is 37.4 Å². The molecular formula is C18H19NO6. The first-order chi connectivity index (χ1) is 11.9. The summed E-state index contributed by atoms with van der Waals surface area (Å²) in [5.41, 5.74) is 0.485. The van der Waals surface area contributed by atoms with E-state index < -0.39 is 36.1 Å². The predicted molar refractivity (Wildman–Crippen MR) is 91.3 cm³/mol. The molecule has 1 aliphatic heterocycles. The molecule has 4 N–H and O–H groups in total. The highest BCUT2D eigenvalue weighted by molar-refractivity contribution is 5.81. The minimum absolute atomic E-state index is 0.149. The first-order valence-electron chi connectivity index (χ1n) is 7.88. The maximum Gasteiger partial charge on any atom is 0.352 e. The van der Waals surface area contributed by atoms with Crippen molar-refractivity contribution >= 4 is 16.7 Å². The van der Waals surface area contributed by atoms with E-state index in [0.29, 0.717) is 16.7 Å². The van der Waals surface area contributed by atoms with Gasteiger partial charge in [0.15, 0.2) is 0 Å². The van der Waals surface area contributed by atoms with Crippen LogP contribution >= 0.6 is 0 Å². The van der Waals surface area contributed by atoms with Crippen molar-refractivity contribution in [2.75, 3.05) is 11.9 Å². The predicted octanol–water partition coefficient (Wildman–Crippen LogP) is 0.0562. The van der Waals surface area contributed by atoms with Gasteiger partial charge in [0.2, 0.25) is 0 Å². The van der Waals surface area contributed by atoms with Crippen LogP contribution in [0.3, 0.4) is 0 Å². The Morgan fingerprint density at radius 1 is 1.28 bits per heavy atom. The fourth-order valence-electron chi connectivity index (χ4n) is 3.00. The number of benzene rings is 1. The summed E-state index contributed by atoms with van der Waals surface area (Å²) >= 11 is 0. The quantitative estimate of drug-likeness (QED) is 0.459. The number of hydrogen-bond donors (Lipinski definition) is 4. The minimum Gasteiger partial charge on any atom is -0.422 e. The Morgan fingerprint density at radius 3 is 2.72 bits per heavy atom. The van der Waals surface area contributed by atoms with Gasteiger partial charge in [0.25, 0.3) is 0 Å². The maximum absolute atomic E-state index is 11.7. The zero-order valence-corrected chi connectivity index (χ0v) is 13.5. The van der Waals surface area contributed by atoms with Crippen LogP contribution in [0.25, 0.3) is 11.0 Å². The Balaban J connectivity index is 1.87. The molecule has 5 atom stereocenters. The third-order valence-electron chi connectivity index (χ3n) is 4.40. The molecule has 7 heteroatoms. The third kappa shape index (κ3) is 3.25. The summed E-state index contributed by atoms with van der Waals surface area (Å²) in [6, 6.07) is 6.05. The molecule has 3 rings (SSSR count).